The van der Waals surface area contributed by atoms with Crippen molar-refractivity contribution in [2.75, 3.05) is 31.1 Å². The summed E-state index contributed by atoms with van der Waals surface area (Å²) in [5.74, 6) is -2.62. The predicted octanol–water partition coefficient (Wildman–Crippen LogP) is 2.56. The second kappa shape index (κ2) is 6.51. The summed E-state index contributed by atoms with van der Waals surface area (Å²) in [6.45, 7) is 2.50. The van der Waals surface area contributed by atoms with Crippen LogP contribution in [-0.2, 0) is 0 Å². The molecule has 1 amide bonds. The van der Waals surface area contributed by atoms with E-state index in [1.165, 1.54) is 6.20 Å². The van der Waals surface area contributed by atoms with Crippen LogP contribution in [0.1, 0.15) is 28.9 Å². The lowest BCUT2D eigenvalue weighted by atomic mass is 9.75. The number of piperidine rings is 1. The fourth-order valence-corrected chi connectivity index (χ4v) is 3.98. The van der Waals surface area contributed by atoms with Gasteiger partial charge in [0.05, 0.1) is 11.0 Å². The predicted molar refractivity (Wildman–Crippen MR) is 95.7 cm³/mol. The minimum atomic E-state index is -2.83. The summed E-state index contributed by atoms with van der Waals surface area (Å²) in [5, 5.41) is 0. The number of aromatic nitrogens is 3. The maximum absolute atomic E-state index is 14.9. The molecule has 2 aromatic rings. The summed E-state index contributed by atoms with van der Waals surface area (Å²) in [6.07, 6.45) is 4.69. The number of aryl methyl sites for hydroxylation is 1. The Balaban J connectivity index is 1.56. The number of hydrogen-bond donors (Lipinski definition) is 0. The number of likely N-dealkylation sites (tertiary alicyclic amines) is 1. The molecule has 27 heavy (non-hydrogen) atoms. The Bertz CT molecular complexity index is 830. The SMILES string of the molecule is Cc1ccc(C(=O)N2CCC(F)(F)C3(CCN(c4ncccn4)C3)C2)cn1. The first kappa shape index (κ1) is 17.8. The van der Waals surface area contributed by atoms with Gasteiger partial charge in [-0.2, -0.15) is 0 Å². The fourth-order valence-electron chi connectivity index (χ4n) is 3.98. The van der Waals surface area contributed by atoms with E-state index < -0.39 is 11.3 Å². The highest BCUT2D eigenvalue weighted by atomic mass is 19.3. The fraction of sp³-hybridized carbons (Fsp3) is 0.474. The van der Waals surface area contributed by atoms with Crippen molar-refractivity contribution in [3.8, 4) is 0 Å². The van der Waals surface area contributed by atoms with Crippen LogP contribution in [0, 0.1) is 12.3 Å². The van der Waals surface area contributed by atoms with Crippen molar-refractivity contribution in [1.29, 1.82) is 0 Å². The number of rotatable bonds is 2. The van der Waals surface area contributed by atoms with Gasteiger partial charge in [-0.15, -0.1) is 0 Å². The molecule has 0 N–H and O–H groups in total. The highest BCUT2D eigenvalue weighted by molar-refractivity contribution is 5.94. The van der Waals surface area contributed by atoms with Crippen LogP contribution in [0.5, 0.6) is 0 Å². The van der Waals surface area contributed by atoms with E-state index in [0.717, 1.165) is 5.69 Å². The van der Waals surface area contributed by atoms with Gasteiger partial charge in [0, 0.05) is 56.9 Å². The quantitative estimate of drug-likeness (QED) is 0.810. The molecule has 2 aliphatic heterocycles. The molecule has 2 aliphatic rings. The summed E-state index contributed by atoms with van der Waals surface area (Å²) in [6, 6.07) is 5.15. The van der Waals surface area contributed by atoms with E-state index in [-0.39, 0.29) is 32.0 Å². The molecule has 2 fully saturated rings. The van der Waals surface area contributed by atoms with Gasteiger partial charge in [-0.1, -0.05) is 0 Å². The van der Waals surface area contributed by atoms with Gasteiger partial charge in [0.2, 0.25) is 5.95 Å². The normalized spacial score (nSPS) is 24.4. The van der Waals surface area contributed by atoms with Crippen LogP contribution in [0.15, 0.2) is 36.8 Å². The molecule has 4 rings (SSSR count). The first-order valence-corrected chi connectivity index (χ1v) is 9.02. The molecule has 142 valence electrons. The lowest BCUT2D eigenvalue weighted by Crippen LogP contribution is -2.58. The number of nitrogens with zero attached hydrogens (tertiary/aromatic N) is 5. The van der Waals surface area contributed by atoms with E-state index in [1.807, 2.05) is 6.92 Å². The second-order valence-corrected chi connectivity index (χ2v) is 7.37. The first-order valence-electron chi connectivity index (χ1n) is 9.02. The molecular weight excluding hydrogens is 352 g/mol. The molecule has 1 unspecified atom stereocenters. The number of alkyl halides is 2. The van der Waals surface area contributed by atoms with Crippen molar-refractivity contribution in [2.45, 2.75) is 25.7 Å². The van der Waals surface area contributed by atoms with Gasteiger partial charge in [-0.05, 0) is 31.5 Å². The summed E-state index contributed by atoms with van der Waals surface area (Å²) in [5.41, 5.74) is -0.0391. The summed E-state index contributed by atoms with van der Waals surface area (Å²) < 4.78 is 29.9. The zero-order valence-corrected chi connectivity index (χ0v) is 15.1. The third-order valence-electron chi connectivity index (χ3n) is 5.60. The minimum Gasteiger partial charge on any atom is -0.340 e. The molecule has 8 heteroatoms. The highest BCUT2D eigenvalue weighted by Crippen LogP contribution is 2.50. The number of carbonyl (C=O) groups is 1. The number of halogens is 2. The maximum Gasteiger partial charge on any atom is 0.258 e. The van der Waals surface area contributed by atoms with E-state index in [1.54, 1.807) is 40.4 Å². The molecule has 2 saturated heterocycles. The summed E-state index contributed by atoms with van der Waals surface area (Å²) in [4.78, 5) is 28.6. The summed E-state index contributed by atoms with van der Waals surface area (Å²) in [7, 11) is 0. The lowest BCUT2D eigenvalue weighted by Gasteiger charge is -2.45. The van der Waals surface area contributed by atoms with Crippen LogP contribution in [0.25, 0.3) is 0 Å². The molecule has 0 aromatic carbocycles. The van der Waals surface area contributed by atoms with Gasteiger partial charge >= 0.3 is 0 Å². The molecule has 1 atom stereocenters. The van der Waals surface area contributed by atoms with Crippen LogP contribution in [0.3, 0.4) is 0 Å². The third-order valence-corrected chi connectivity index (χ3v) is 5.60. The molecular formula is C19H21F2N5O. The Kier molecular flexibility index (Phi) is 4.28. The van der Waals surface area contributed by atoms with Crippen molar-refractivity contribution in [3.63, 3.8) is 0 Å². The number of pyridine rings is 1. The Labute approximate surface area is 156 Å². The average molecular weight is 373 g/mol. The highest BCUT2D eigenvalue weighted by Gasteiger charge is 2.60. The molecule has 0 saturated carbocycles. The smallest absolute Gasteiger partial charge is 0.258 e. The standard InChI is InChI=1S/C19H21F2N5O/c1-14-3-4-15(11-24-14)16(27)25-10-6-19(20,21)18(12-25)5-9-26(13-18)17-22-7-2-8-23-17/h2-4,7-8,11H,5-6,9-10,12-13H2,1H3. The summed E-state index contributed by atoms with van der Waals surface area (Å²) >= 11 is 0. The number of hydrogen-bond acceptors (Lipinski definition) is 5. The molecule has 1 spiro atoms. The minimum absolute atomic E-state index is 0.0239. The molecule has 0 radical (unpaired) electrons. The monoisotopic (exact) mass is 373 g/mol. The zero-order valence-electron chi connectivity index (χ0n) is 15.1. The van der Waals surface area contributed by atoms with Crippen LogP contribution < -0.4 is 4.90 Å². The third kappa shape index (κ3) is 3.13. The number of anilines is 1. The molecule has 2 aromatic heterocycles. The Morgan fingerprint density at radius 2 is 1.85 bits per heavy atom. The van der Waals surface area contributed by atoms with Gasteiger partial charge in [-0.25, -0.2) is 18.7 Å². The van der Waals surface area contributed by atoms with Crippen molar-refractivity contribution >= 4 is 11.9 Å². The van der Waals surface area contributed by atoms with Gasteiger partial charge in [0.25, 0.3) is 11.8 Å². The van der Waals surface area contributed by atoms with Gasteiger partial charge in [0.15, 0.2) is 0 Å². The van der Waals surface area contributed by atoms with E-state index in [0.29, 0.717) is 24.5 Å². The van der Waals surface area contributed by atoms with E-state index in [4.69, 9.17) is 0 Å². The molecule has 0 bridgehead atoms. The van der Waals surface area contributed by atoms with Crippen molar-refractivity contribution in [1.82, 2.24) is 19.9 Å². The molecule has 0 aliphatic carbocycles. The van der Waals surface area contributed by atoms with Crippen molar-refractivity contribution < 1.29 is 13.6 Å². The van der Waals surface area contributed by atoms with Crippen LogP contribution in [0.2, 0.25) is 0 Å². The van der Waals surface area contributed by atoms with Crippen LogP contribution >= 0.6 is 0 Å². The Morgan fingerprint density at radius 1 is 1.07 bits per heavy atom. The van der Waals surface area contributed by atoms with E-state index in [2.05, 4.69) is 15.0 Å². The number of carbonyl (C=O) groups excluding carboxylic acids is 1. The first-order chi connectivity index (χ1) is 12.9. The Morgan fingerprint density at radius 3 is 2.56 bits per heavy atom. The largest absolute Gasteiger partial charge is 0.340 e. The van der Waals surface area contributed by atoms with Gasteiger partial charge < -0.3 is 9.80 Å². The number of amides is 1. The van der Waals surface area contributed by atoms with Crippen molar-refractivity contribution in [3.05, 3.63) is 48.0 Å². The Hall–Kier alpha value is -2.64. The zero-order chi connectivity index (χ0) is 19.1. The van der Waals surface area contributed by atoms with E-state index >= 15 is 0 Å². The van der Waals surface area contributed by atoms with Crippen LogP contribution in [-0.4, -0.2) is 57.9 Å². The second-order valence-electron chi connectivity index (χ2n) is 7.37. The van der Waals surface area contributed by atoms with Gasteiger partial charge in [-0.3, -0.25) is 9.78 Å². The molecule has 6 nitrogen and oxygen atoms in total. The van der Waals surface area contributed by atoms with Gasteiger partial charge in [0.1, 0.15) is 0 Å². The maximum atomic E-state index is 14.9. The van der Waals surface area contributed by atoms with Crippen molar-refractivity contribution in [2.24, 2.45) is 5.41 Å². The molecule has 4 heterocycles. The lowest BCUT2D eigenvalue weighted by molar-refractivity contribution is -0.150. The van der Waals surface area contributed by atoms with E-state index in [9.17, 15) is 13.6 Å². The topological polar surface area (TPSA) is 62.2 Å². The average Bonchev–Trinajstić information content (AvgIpc) is 3.11. The van der Waals surface area contributed by atoms with Crippen LogP contribution in [0.4, 0.5) is 14.7 Å².